The zero-order valence-corrected chi connectivity index (χ0v) is 13.9. The maximum Gasteiger partial charge on any atom is 0.324 e. The third-order valence-corrected chi connectivity index (χ3v) is 3.81. The van der Waals surface area contributed by atoms with Crippen molar-refractivity contribution < 1.29 is 9.55 Å². The van der Waals surface area contributed by atoms with E-state index in [-0.39, 0.29) is 11.2 Å². The van der Waals surface area contributed by atoms with Gasteiger partial charge < -0.3 is 10.2 Å². The molecule has 2 aromatic carbocycles. The summed E-state index contributed by atoms with van der Waals surface area (Å²) in [5.41, 5.74) is 2.01. The zero-order valence-electron chi connectivity index (χ0n) is 12.3. The molecule has 9 heteroatoms. The number of hydrogen-bond acceptors (Lipinski definition) is 7. The standard InChI is InChI=1S/C14H12BrN5O3/c1-19(2)11-7-10(16-9-5-3-8(15)4-6-9)14(20(21)22)13-12(11)17-23-18-13/h3-7,16H,1-2H3. The fourth-order valence-electron chi connectivity index (χ4n) is 2.22. The van der Waals surface area contributed by atoms with Gasteiger partial charge in [0, 0.05) is 24.3 Å². The summed E-state index contributed by atoms with van der Waals surface area (Å²) >= 11 is 3.35. The Hall–Kier alpha value is -2.68. The Morgan fingerprint density at radius 2 is 1.87 bits per heavy atom. The first-order valence-electron chi connectivity index (χ1n) is 6.61. The maximum absolute atomic E-state index is 11.5. The molecule has 0 aliphatic carbocycles. The summed E-state index contributed by atoms with van der Waals surface area (Å²) in [5, 5.41) is 22.0. The monoisotopic (exact) mass is 377 g/mol. The molecule has 0 atom stereocenters. The van der Waals surface area contributed by atoms with Crippen LogP contribution in [-0.2, 0) is 0 Å². The van der Waals surface area contributed by atoms with Crippen molar-refractivity contribution in [3.63, 3.8) is 0 Å². The van der Waals surface area contributed by atoms with E-state index < -0.39 is 4.92 Å². The fourth-order valence-corrected chi connectivity index (χ4v) is 2.49. The number of anilines is 3. The summed E-state index contributed by atoms with van der Waals surface area (Å²) in [6, 6.07) is 8.98. The normalized spacial score (nSPS) is 10.7. The molecule has 1 aromatic heterocycles. The van der Waals surface area contributed by atoms with Crippen LogP contribution in [0.5, 0.6) is 0 Å². The van der Waals surface area contributed by atoms with Gasteiger partial charge in [-0.3, -0.25) is 10.1 Å². The first kappa shape index (κ1) is 15.2. The largest absolute Gasteiger partial charge is 0.376 e. The molecule has 0 unspecified atom stereocenters. The van der Waals surface area contributed by atoms with E-state index in [9.17, 15) is 10.1 Å². The summed E-state index contributed by atoms with van der Waals surface area (Å²) in [4.78, 5) is 12.8. The Morgan fingerprint density at radius 1 is 1.22 bits per heavy atom. The first-order chi connectivity index (χ1) is 11.0. The molecule has 0 fully saturated rings. The number of benzene rings is 2. The molecule has 0 saturated carbocycles. The SMILES string of the molecule is CN(C)c1cc(Nc2ccc(Br)cc2)c([N+](=O)[O-])c2nonc12. The molecule has 1 N–H and O–H groups in total. The van der Waals surface area contributed by atoms with E-state index >= 15 is 0 Å². The highest BCUT2D eigenvalue weighted by Gasteiger charge is 2.26. The molecule has 0 aliphatic heterocycles. The lowest BCUT2D eigenvalue weighted by Gasteiger charge is -2.15. The Labute approximate surface area is 139 Å². The predicted octanol–water partition coefficient (Wildman–Crippen LogP) is 3.70. The van der Waals surface area contributed by atoms with E-state index in [4.69, 9.17) is 4.63 Å². The van der Waals surface area contributed by atoms with Crippen molar-refractivity contribution >= 4 is 49.7 Å². The third-order valence-electron chi connectivity index (χ3n) is 3.28. The third kappa shape index (κ3) is 2.82. The highest BCUT2D eigenvalue weighted by molar-refractivity contribution is 9.10. The van der Waals surface area contributed by atoms with Gasteiger partial charge in [-0.1, -0.05) is 15.9 Å². The zero-order chi connectivity index (χ0) is 16.6. The van der Waals surface area contributed by atoms with Crippen molar-refractivity contribution in [1.82, 2.24) is 10.3 Å². The Kier molecular flexibility index (Phi) is 3.87. The smallest absolute Gasteiger partial charge is 0.324 e. The molecule has 3 rings (SSSR count). The Morgan fingerprint density at radius 3 is 2.48 bits per heavy atom. The number of nitrogens with one attached hydrogen (secondary N) is 1. The van der Waals surface area contributed by atoms with Crippen LogP contribution in [0.1, 0.15) is 0 Å². The number of nitro benzene ring substituents is 1. The Balaban J connectivity index is 2.19. The summed E-state index contributed by atoms with van der Waals surface area (Å²) in [5.74, 6) is 0. The quantitative estimate of drug-likeness (QED) is 0.546. The fraction of sp³-hybridized carbons (Fsp3) is 0.143. The van der Waals surface area contributed by atoms with Crippen molar-refractivity contribution in [2.24, 2.45) is 0 Å². The minimum Gasteiger partial charge on any atom is -0.376 e. The molecule has 8 nitrogen and oxygen atoms in total. The van der Waals surface area contributed by atoms with Gasteiger partial charge in [-0.25, -0.2) is 4.63 Å². The lowest BCUT2D eigenvalue weighted by molar-refractivity contribution is -0.382. The van der Waals surface area contributed by atoms with Crippen LogP contribution in [0, 0.1) is 10.1 Å². The molecular weight excluding hydrogens is 366 g/mol. The molecule has 23 heavy (non-hydrogen) atoms. The second-order valence-electron chi connectivity index (χ2n) is 5.04. The number of nitro groups is 1. The first-order valence-corrected chi connectivity index (χ1v) is 7.40. The van der Waals surface area contributed by atoms with Crippen LogP contribution >= 0.6 is 15.9 Å². The molecule has 1 heterocycles. The number of fused-ring (bicyclic) bond motifs is 1. The summed E-state index contributed by atoms with van der Waals surface area (Å²) in [6.45, 7) is 0. The number of halogens is 1. The predicted molar refractivity (Wildman–Crippen MR) is 90.2 cm³/mol. The number of nitrogens with zero attached hydrogens (tertiary/aromatic N) is 4. The van der Waals surface area contributed by atoms with Gasteiger partial charge in [-0.2, -0.15) is 0 Å². The van der Waals surface area contributed by atoms with E-state index in [1.54, 1.807) is 11.0 Å². The van der Waals surface area contributed by atoms with E-state index in [1.165, 1.54) is 0 Å². The van der Waals surface area contributed by atoms with Gasteiger partial charge in [0.1, 0.15) is 5.69 Å². The minimum atomic E-state index is -0.493. The second kappa shape index (κ2) is 5.84. The van der Waals surface area contributed by atoms with Gasteiger partial charge >= 0.3 is 5.69 Å². The molecule has 0 spiro atoms. The van der Waals surface area contributed by atoms with Crippen molar-refractivity contribution in [2.75, 3.05) is 24.3 Å². The van der Waals surface area contributed by atoms with Crippen LogP contribution in [-0.4, -0.2) is 29.3 Å². The van der Waals surface area contributed by atoms with Gasteiger partial charge in [0.25, 0.3) is 0 Å². The Bertz CT molecular complexity index is 876. The minimum absolute atomic E-state index is 0.112. The molecular formula is C14H12BrN5O3. The van der Waals surface area contributed by atoms with Gasteiger partial charge in [0.2, 0.25) is 5.52 Å². The van der Waals surface area contributed by atoms with Gasteiger partial charge in [-0.05, 0) is 40.6 Å². The van der Waals surface area contributed by atoms with Crippen molar-refractivity contribution in [3.05, 3.63) is 44.9 Å². The molecule has 0 aliphatic rings. The topological polar surface area (TPSA) is 97.3 Å². The van der Waals surface area contributed by atoms with Crippen LogP contribution < -0.4 is 10.2 Å². The van der Waals surface area contributed by atoms with E-state index in [2.05, 4.69) is 31.6 Å². The van der Waals surface area contributed by atoms with Gasteiger partial charge in [-0.15, -0.1) is 0 Å². The van der Waals surface area contributed by atoms with Crippen LogP contribution in [0.25, 0.3) is 11.0 Å². The number of aromatic nitrogens is 2. The van der Waals surface area contributed by atoms with Crippen molar-refractivity contribution in [2.45, 2.75) is 0 Å². The molecule has 0 bridgehead atoms. The number of hydrogen-bond donors (Lipinski definition) is 1. The molecule has 118 valence electrons. The average Bonchev–Trinajstić information content (AvgIpc) is 2.97. The maximum atomic E-state index is 11.5. The molecule has 3 aromatic rings. The van der Waals surface area contributed by atoms with Crippen LogP contribution in [0.15, 0.2) is 39.4 Å². The van der Waals surface area contributed by atoms with E-state index in [0.717, 1.165) is 10.2 Å². The lowest BCUT2D eigenvalue weighted by Crippen LogP contribution is -2.10. The molecule has 0 saturated heterocycles. The van der Waals surface area contributed by atoms with E-state index in [0.29, 0.717) is 16.9 Å². The average molecular weight is 378 g/mol. The highest BCUT2D eigenvalue weighted by atomic mass is 79.9. The molecule has 0 amide bonds. The molecule has 0 radical (unpaired) electrons. The second-order valence-corrected chi connectivity index (χ2v) is 5.95. The van der Waals surface area contributed by atoms with Crippen LogP contribution in [0.2, 0.25) is 0 Å². The van der Waals surface area contributed by atoms with Gasteiger partial charge in [0.15, 0.2) is 5.52 Å². The summed E-state index contributed by atoms with van der Waals surface area (Å²) in [7, 11) is 3.64. The lowest BCUT2D eigenvalue weighted by atomic mass is 10.1. The van der Waals surface area contributed by atoms with Crippen LogP contribution in [0.3, 0.4) is 0 Å². The van der Waals surface area contributed by atoms with Crippen molar-refractivity contribution in [1.29, 1.82) is 0 Å². The van der Waals surface area contributed by atoms with Gasteiger partial charge in [0.05, 0.1) is 10.6 Å². The van der Waals surface area contributed by atoms with Crippen molar-refractivity contribution in [3.8, 4) is 0 Å². The van der Waals surface area contributed by atoms with E-state index in [1.807, 2.05) is 38.4 Å². The summed E-state index contributed by atoms with van der Waals surface area (Å²) in [6.07, 6.45) is 0. The number of rotatable bonds is 4. The summed E-state index contributed by atoms with van der Waals surface area (Å²) < 4.78 is 5.62. The van der Waals surface area contributed by atoms with Crippen LogP contribution in [0.4, 0.5) is 22.7 Å². The highest BCUT2D eigenvalue weighted by Crippen LogP contribution is 2.39.